The van der Waals surface area contributed by atoms with E-state index in [-0.39, 0.29) is 12.2 Å². The van der Waals surface area contributed by atoms with Gasteiger partial charge in [-0.2, -0.15) is 0 Å². The highest BCUT2D eigenvalue weighted by Crippen LogP contribution is 2.27. The fourth-order valence-electron chi connectivity index (χ4n) is 2.04. The molecule has 0 atom stereocenters. The molecule has 0 radical (unpaired) electrons. The Morgan fingerprint density at radius 2 is 1.92 bits per heavy atom. The first-order valence-electron chi connectivity index (χ1n) is 7.62. The molecule has 0 spiro atoms. The molecule has 0 saturated heterocycles. The molecule has 0 fully saturated rings. The quantitative estimate of drug-likeness (QED) is 0.670. The van der Waals surface area contributed by atoms with Gasteiger partial charge in [-0.3, -0.25) is 5.32 Å². The van der Waals surface area contributed by atoms with Crippen molar-refractivity contribution in [3.8, 4) is 0 Å². The van der Waals surface area contributed by atoms with Crippen LogP contribution in [0.4, 0.5) is 20.6 Å². The van der Waals surface area contributed by atoms with Crippen molar-refractivity contribution >= 4 is 40.7 Å². The van der Waals surface area contributed by atoms with Crippen molar-refractivity contribution < 1.29 is 13.9 Å². The first kappa shape index (κ1) is 19.3. The molecule has 2 aromatic carbocycles. The summed E-state index contributed by atoms with van der Waals surface area (Å²) in [5, 5.41) is 6.37. The first-order chi connectivity index (χ1) is 11.7. The molecular weight excluding hydrogens is 366 g/mol. The minimum atomic E-state index is -0.617. The Balaban J connectivity index is 2.08. The summed E-state index contributed by atoms with van der Waals surface area (Å²) in [6, 6.07) is 9.44. The van der Waals surface area contributed by atoms with E-state index in [4.69, 9.17) is 27.9 Å². The van der Waals surface area contributed by atoms with Gasteiger partial charge in [-0.05, 0) is 50.6 Å². The number of halogens is 3. The number of ether oxygens (including phenoxy) is 1. The van der Waals surface area contributed by atoms with Crippen LogP contribution in [0.2, 0.25) is 10.0 Å². The Bertz CT molecular complexity index is 776. The van der Waals surface area contributed by atoms with Gasteiger partial charge in [0, 0.05) is 12.2 Å². The van der Waals surface area contributed by atoms with Gasteiger partial charge in [-0.25, -0.2) is 9.18 Å². The Labute approximate surface area is 156 Å². The third-order valence-electron chi connectivity index (χ3n) is 3.11. The lowest BCUT2D eigenvalue weighted by Gasteiger charge is -2.20. The maximum absolute atomic E-state index is 14.0. The fourth-order valence-corrected chi connectivity index (χ4v) is 2.42. The smallest absolute Gasteiger partial charge is 0.412 e. The predicted octanol–water partition coefficient (Wildman–Crippen LogP) is 6.09. The van der Waals surface area contributed by atoms with E-state index in [0.717, 1.165) is 5.56 Å². The van der Waals surface area contributed by atoms with E-state index in [1.165, 1.54) is 18.2 Å². The van der Waals surface area contributed by atoms with E-state index in [9.17, 15) is 9.18 Å². The summed E-state index contributed by atoms with van der Waals surface area (Å²) in [4.78, 5) is 11.8. The van der Waals surface area contributed by atoms with Crippen molar-refractivity contribution in [1.82, 2.24) is 0 Å². The average Bonchev–Trinajstić information content (AvgIpc) is 2.49. The van der Waals surface area contributed by atoms with Crippen LogP contribution in [0.15, 0.2) is 36.4 Å². The number of amides is 1. The van der Waals surface area contributed by atoms with Crippen LogP contribution in [0, 0.1) is 5.82 Å². The van der Waals surface area contributed by atoms with Crippen LogP contribution in [0.3, 0.4) is 0 Å². The van der Waals surface area contributed by atoms with Crippen molar-refractivity contribution in [1.29, 1.82) is 0 Å². The van der Waals surface area contributed by atoms with Gasteiger partial charge in [-0.1, -0.05) is 35.3 Å². The van der Waals surface area contributed by atoms with Gasteiger partial charge in [0.2, 0.25) is 0 Å². The number of benzene rings is 2. The van der Waals surface area contributed by atoms with E-state index in [0.29, 0.717) is 15.7 Å². The number of rotatable bonds is 4. The number of carbonyl (C=O) groups excluding carboxylic acids is 1. The second kappa shape index (κ2) is 7.93. The van der Waals surface area contributed by atoms with Crippen molar-refractivity contribution in [3.05, 3.63) is 57.8 Å². The van der Waals surface area contributed by atoms with Crippen LogP contribution < -0.4 is 10.6 Å². The van der Waals surface area contributed by atoms with Gasteiger partial charge >= 0.3 is 6.09 Å². The van der Waals surface area contributed by atoms with Gasteiger partial charge in [0.1, 0.15) is 11.4 Å². The molecule has 0 aliphatic heterocycles. The van der Waals surface area contributed by atoms with Gasteiger partial charge in [0.15, 0.2) is 0 Å². The van der Waals surface area contributed by atoms with Crippen molar-refractivity contribution in [2.45, 2.75) is 32.9 Å². The highest BCUT2D eigenvalue weighted by Gasteiger charge is 2.16. The maximum Gasteiger partial charge on any atom is 0.412 e. The normalized spacial score (nSPS) is 11.1. The lowest BCUT2D eigenvalue weighted by atomic mass is 10.2. The molecule has 0 aliphatic rings. The summed E-state index contributed by atoms with van der Waals surface area (Å²) < 4.78 is 19.2. The predicted molar refractivity (Wildman–Crippen MR) is 100 cm³/mol. The molecule has 0 unspecified atom stereocenters. The zero-order valence-electron chi connectivity index (χ0n) is 14.1. The molecule has 0 aromatic heterocycles. The standard InChI is InChI=1S/C18H19Cl2FN2O2/c1-18(2,3)25-17(24)23-12-7-8-14(21)15(9-12)22-10-11-5-4-6-13(19)16(11)20/h4-9,22H,10H2,1-3H3,(H,23,24). The number of anilines is 2. The van der Waals surface area contributed by atoms with Crippen LogP contribution in [0.25, 0.3) is 0 Å². The van der Waals surface area contributed by atoms with Gasteiger partial charge < -0.3 is 10.1 Å². The molecule has 25 heavy (non-hydrogen) atoms. The summed E-state index contributed by atoms with van der Waals surface area (Å²) in [6.07, 6.45) is -0.608. The second-order valence-electron chi connectivity index (χ2n) is 6.39. The third-order valence-corrected chi connectivity index (χ3v) is 3.97. The van der Waals surface area contributed by atoms with Crippen LogP contribution in [0.1, 0.15) is 26.3 Å². The zero-order chi connectivity index (χ0) is 18.6. The number of hydrogen-bond donors (Lipinski definition) is 2. The largest absolute Gasteiger partial charge is 0.444 e. The van der Waals surface area contributed by atoms with Crippen LogP contribution in [-0.4, -0.2) is 11.7 Å². The minimum absolute atomic E-state index is 0.226. The highest BCUT2D eigenvalue weighted by molar-refractivity contribution is 6.42. The molecule has 1 amide bonds. The van der Waals surface area contributed by atoms with E-state index >= 15 is 0 Å². The van der Waals surface area contributed by atoms with Crippen molar-refractivity contribution in [2.75, 3.05) is 10.6 Å². The third kappa shape index (κ3) is 5.80. The lowest BCUT2D eigenvalue weighted by molar-refractivity contribution is 0.0636. The molecule has 7 heteroatoms. The van der Waals surface area contributed by atoms with Gasteiger partial charge in [0.25, 0.3) is 0 Å². The summed E-state index contributed by atoms with van der Waals surface area (Å²) in [5.41, 5.74) is 0.758. The molecular formula is C18H19Cl2FN2O2. The molecule has 0 bridgehead atoms. The summed E-state index contributed by atoms with van der Waals surface area (Å²) in [5.74, 6) is -0.451. The van der Waals surface area contributed by atoms with E-state index < -0.39 is 17.5 Å². The monoisotopic (exact) mass is 384 g/mol. The molecule has 2 N–H and O–H groups in total. The van der Waals surface area contributed by atoms with E-state index in [2.05, 4.69) is 10.6 Å². The molecule has 0 saturated carbocycles. The maximum atomic E-state index is 14.0. The summed E-state index contributed by atoms with van der Waals surface area (Å²) in [6.45, 7) is 5.57. The Morgan fingerprint density at radius 1 is 1.20 bits per heavy atom. The fraction of sp³-hybridized carbons (Fsp3) is 0.278. The summed E-state index contributed by atoms with van der Waals surface area (Å²) in [7, 11) is 0. The minimum Gasteiger partial charge on any atom is -0.444 e. The van der Waals surface area contributed by atoms with Crippen LogP contribution in [-0.2, 0) is 11.3 Å². The van der Waals surface area contributed by atoms with Gasteiger partial charge in [0.05, 0.1) is 15.7 Å². The van der Waals surface area contributed by atoms with E-state index in [1.807, 2.05) is 0 Å². The van der Waals surface area contributed by atoms with Gasteiger partial charge in [-0.15, -0.1) is 0 Å². The van der Waals surface area contributed by atoms with Crippen molar-refractivity contribution in [3.63, 3.8) is 0 Å². The van der Waals surface area contributed by atoms with E-state index in [1.54, 1.807) is 39.0 Å². The highest BCUT2D eigenvalue weighted by atomic mass is 35.5. The number of carbonyl (C=O) groups is 1. The second-order valence-corrected chi connectivity index (χ2v) is 7.17. The molecule has 2 rings (SSSR count). The Morgan fingerprint density at radius 3 is 2.60 bits per heavy atom. The number of hydrogen-bond acceptors (Lipinski definition) is 3. The Hall–Kier alpha value is -1.98. The van der Waals surface area contributed by atoms with Crippen LogP contribution in [0.5, 0.6) is 0 Å². The molecule has 0 aliphatic carbocycles. The molecule has 4 nitrogen and oxygen atoms in total. The first-order valence-corrected chi connectivity index (χ1v) is 8.37. The topological polar surface area (TPSA) is 50.4 Å². The molecule has 0 heterocycles. The zero-order valence-corrected chi connectivity index (χ0v) is 15.6. The van der Waals surface area contributed by atoms with Crippen molar-refractivity contribution in [2.24, 2.45) is 0 Å². The lowest BCUT2D eigenvalue weighted by Crippen LogP contribution is -2.27. The Kier molecular flexibility index (Phi) is 6.14. The number of nitrogens with one attached hydrogen (secondary N) is 2. The molecule has 2 aromatic rings. The SMILES string of the molecule is CC(C)(C)OC(=O)Nc1ccc(F)c(NCc2cccc(Cl)c2Cl)c1. The summed E-state index contributed by atoms with van der Waals surface area (Å²) >= 11 is 12.1. The molecule has 134 valence electrons. The average molecular weight is 385 g/mol. The van der Waals surface area contributed by atoms with Crippen LogP contribution >= 0.6 is 23.2 Å².